The summed E-state index contributed by atoms with van der Waals surface area (Å²) in [7, 11) is 0. The molecule has 0 aliphatic carbocycles. The summed E-state index contributed by atoms with van der Waals surface area (Å²) in [5.41, 5.74) is 1.85. The molecule has 0 amide bonds. The van der Waals surface area contributed by atoms with Gasteiger partial charge < -0.3 is 13.9 Å². The lowest BCUT2D eigenvalue weighted by atomic mass is 10.1. The minimum Gasteiger partial charge on any atom is -0.490 e. The Kier molecular flexibility index (Phi) is 5.86. The van der Waals surface area contributed by atoms with Crippen LogP contribution in [0.1, 0.15) is 18.4 Å². The molecule has 3 aromatic carbocycles. The highest BCUT2D eigenvalue weighted by molar-refractivity contribution is 9.09. The summed E-state index contributed by atoms with van der Waals surface area (Å²) in [6.45, 7) is 2.52. The van der Waals surface area contributed by atoms with Gasteiger partial charge in [-0.25, -0.2) is 0 Å². The molecule has 0 aliphatic rings. The molecule has 0 bridgehead atoms. The first-order valence-electron chi connectivity index (χ1n) is 9.58. The largest absolute Gasteiger partial charge is 0.490 e. The van der Waals surface area contributed by atoms with Crippen molar-refractivity contribution >= 4 is 37.9 Å². The zero-order valence-corrected chi connectivity index (χ0v) is 17.7. The molecule has 4 nitrogen and oxygen atoms in total. The van der Waals surface area contributed by atoms with Crippen molar-refractivity contribution in [2.45, 2.75) is 19.8 Å². The number of rotatable bonds is 7. The van der Waals surface area contributed by atoms with E-state index >= 15 is 0 Å². The van der Waals surface area contributed by atoms with Crippen molar-refractivity contribution in [3.05, 3.63) is 76.5 Å². The predicted molar refractivity (Wildman–Crippen MR) is 120 cm³/mol. The molecular weight excluding hydrogens is 432 g/mol. The average Bonchev–Trinajstić information content (AvgIpc) is 2.73. The van der Waals surface area contributed by atoms with Crippen LogP contribution in [-0.4, -0.2) is 11.9 Å². The number of aryl methyl sites for hydroxylation is 1. The van der Waals surface area contributed by atoms with Crippen molar-refractivity contribution in [3.8, 4) is 17.2 Å². The maximum absolute atomic E-state index is 13.1. The van der Waals surface area contributed by atoms with Crippen LogP contribution in [0.4, 0.5) is 0 Å². The number of fused-ring (bicyclic) bond motifs is 2. The summed E-state index contributed by atoms with van der Waals surface area (Å²) in [4.78, 5) is 13.1. The molecule has 0 radical (unpaired) electrons. The maximum Gasteiger partial charge on any atom is 0.200 e. The van der Waals surface area contributed by atoms with Crippen LogP contribution in [0, 0.1) is 6.92 Å². The third-order valence-corrected chi connectivity index (χ3v) is 5.18. The Bertz CT molecular complexity index is 1200. The van der Waals surface area contributed by atoms with Crippen LogP contribution in [0.5, 0.6) is 17.2 Å². The van der Waals surface area contributed by atoms with Gasteiger partial charge in [0.15, 0.2) is 11.3 Å². The van der Waals surface area contributed by atoms with E-state index in [9.17, 15) is 4.79 Å². The molecule has 29 heavy (non-hydrogen) atoms. The van der Waals surface area contributed by atoms with Crippen molar-refractivity contribution < 1.29 is 13.9 Å². The van der Waals surface area contributed by atoms with Crippen molar-refractivity contribution in [2.24, 2.45) is 0 Å². The van der Waals surface area contributed by atoms with Crippen LogP contribution in [0.15, 0.2) is 69.9 Å². The topological polar surface area (TPSA) is 48.7 Å². The van der Waals surface area contributed by atoms with E-state index in [1.54, 1.807) is 18.2 Å². The van der Waals surface area contributed by atoms with Gasteiger partial charge in [-0.05, 0) is 61.7 Å². The maximum atomic E-state index is 13.1. The number of unbranched alkanes of at least 4 members (excludes halogenated alkanes) is 1. The average molecular weight is 453 g/mol. The van der Waals surface area contributed by atoms with Crippen LogP contribution in [-0.2, 0) is 0 Å². The summed E-state index contributed by atoms with van der Waals surface area (Å²) < 4.78 is 18.0. The van der Waals surface area contributed by atoms with E-state index in [2.05, 4.69) is 15.9 Å². The second-order valence-corrected chi connectivity index (χ2v) is 7.68. The quantitative estimate of drug-likeness (QED) is 0.180. The highest BCUT2D eigenvalue weighted by Gasteiger charge is 2.14. The number of halogens is 1. The molecule has 1 aromatic heterocycles. The van der Waals surface area contributed by atoms with Crippen LogP contribution in [0.25, 0.3) is 21.9 Å². The minimum absolute atomic E-state index is 0.0680. The smallest absolute Gasteiger partial charge is 0.200 e. The monoisotopic (exact) mass is 452 g/mol. The molecule has 0 fully saturated rings. The van der Waals surface area contributed by atoms with Gasteiger partial charge in [0.2, 0.25) is 5.43 Å². The van der Waals surface area contributed by atoms with Gasteiger partial charge in [-0.2, -0.15) is 0 Å². The van der Waals surface area contributed by atoms with Gasteiger partial charge in [0.1, 0.15) is 17.1 Å². The standard InChI is InChI=1S/C24H21BrO4/c1-16-13-20-23(26)19-10-9-18(28-17-7-3-2-4-8-17)15-21(19)29-24(20)22(14-16)27-12-6-5-11-25/h2-4,7-10,13-15H,5-6,11-12H2,1H3. The molecule has 1 heterocycles. The Balaban J connectivity index is 1.77. The first kappa shape index (κ1) is 19.5. The lowest BCUT2D eigenvalue weighted by Gasteiger charge is -2.11. The van der Waals surface area contributed by atoms with E-state index in [0.29, 0.717) is 40.0 Å². The van der Waals surface area contributed by atoms with Crippen LogP contribution < -0.4 is 14.9 Å². The lowest BCUT2D eigenvalue weighted by molar-refractivity contribution is 0.309. The van der Waals surface area contributed by atoms with E-state index in [0.717, 1.165) is 29.5 Å². The Morgan fingerprint density at radius 1 is 0.931 bits per heavy atom. The molecule has 148 valence electrons. The molecule has 0 aliphatic heterocycles. The number of alkyl halides is 1. The fourth-order valence-electron chi connectivity index (χ4n) is 3.22. The summed E-state index contributed by atoms with van der Waals surface area (Å²) in [5.74, 6) is 1.93. The summed E-state index contributed by atoms with van der Waals surface area (Å²) >= 11 is 3.43. The zero-order chi connectivity index (χ0) is 20.2. The molecule has 5 heteroatoms. The fraction of sp³-hybridized carbons (Fsp3) is 0.208. The van der Waals surface area contributed by atoms with Crippen molar-refractivity contribution in [2.75, 3.05) is 11.9 Å². The third-order valence-electron chi connectivity index (χ3n) is 4.62. The molecule has 0 saturated heterocycles. The van der Waals surface area contributed by atoms with Gasteiger partial charge in [-0.1, -0.05) is 34.1 Å². The Morgan fingerprint density at radius 2 is 1.76 bits per heavy atom. The number of hydrogen-bond donors (Lipinski definition) is 0. The fourth-order valence-corrected chi connectivity index (χ4v) is 3.61. The molecule has 4 aromatic rings. The van der Waals surface area contributed by atoms with Gasteiger partial charge >= 0.3 is 0 Å². The second-order valence-electron chi connectivity index (χ2n) is 6.89. The second kappa shape index (κ2) is 8.70. The number of hydrogen-bond acceptors (Lipinski definition) is 4. The molecule has 0 saturated carbocycles. The van der Waals surface area contributed by atoms with Gasteiger partial charge in [-0.15, -0.1) is 0 Å². The van der Waals surface area contributed by atoms with Gasteiger partial charge in [0.25, 0.3) is 0 Å². The molecule has 0 unspecified atom stereocenters. The van der Waals surface area contributed by atoms with Crippen molar-refractivity contribution in [1.82, 2.24) is 0 Å². The Labute approximate surface area is 177 Å². The van der Waals surface area contributed by atoms with Gasteiger partial charge in [0.05, 0.1) is 17.4 Å². The molecule has 0 atom stereocenters. The highest BCUT2D eigenvalue weighted by Crippen LogP contribution is 2.31. The molecule has 0 N–H and O–H groups in total. The van der Waals surface area contributed by atoms with E-state index in [1.165, 1.54) is 0 Å². The van der Waals surface area contributed by atoms with E-state index in [1.807, 2.05) is 49.4 Å². The SMILES string of the molecule is Cc1cc(OCCCCBr)c2oc3cc(Oc4ccccc4)ccc3c(=O)c2c1. The number of ether oxygens (including phenoxy) is 2. The van der Waals surface area contributed by atoms with Gasteiger partial charge in [0, 0.05) is 11.4 Å². The number of benzene rings is 3. The van der Waals surface area contributed by atoms with E-state index < -0.39 is 0 Å². The Morgan fingerprint density at radius 3 is 2.55 bits per heavy atom. The van der Waals surface area contributed by atoms with Crippen LogP contribution >= 0.6 is 15.9 Å². The summed E-state index contributed by atoms with van der Waals surface area (Å²) in [6, 6.07) is 18.5. The van der Waals surface area contributed by atoms with Crippen molar-refractivity contribution in [3.63, 3.8) is 0 Å². The lowest BCUT2D eigenvalue weighted by Crippen LogP contribution is -2.05. The molecular formula is C24H21BrO4. The first-order chi connectivity index (χ1) is 14.2. The Hall–Kier alpha value is -2.79. The first-order valence-corrected chi connectivity index (χ1v) is 10.7. The summed E-state index contributed by atoms with van der Waals surface area (Å²) in [5, 5.41) is 1.99. The zero-order valence-electron chi connectivity index (χ0n) is 16.1. The predicted octanol–water partition coefficient (Wildman–Crippen LogP) is 6.60. The normalized spacial score (nSPS) is 11.1. The van der Waals surface area contributed by atoms with Crippen LogP contribution in [0.2, 0.25) is 0 Å². The number of para-hydroxylation sites is 1. The van der Waals surface area contributed by atoms with E-state index in [4.69, 9.17) is 13.9 Å². The molecule has 4 rings (SSSR count). The highest BCUT2D eigenvalue weighted by atomic mass is 79.9. The summed E-state index contributed by atoms with van der Waals surface area (Å²) in [6.07, 6.45) is 1.95. The molecule has 0 spiro atoms. The van der Waals surface area contributed by atoms with E-state index in [-0.39, 0.29) is 5.43 Å². The third kappa shape index (κ3) is 4.30. The van der Waals surface area contributed by atoms with Crippen molar-refractivity contribution in [1.29, 1.82) is 0 Å². The minimum atomic E-state index is -0.0680. The van der Waals surface area contributed by atoms with Crippen LogP contribution in [0.3, 0.4) is 0 Å². The van der Waals surface area contributed by atoms with Gasteiger partial charge in [-0.3, -0.25) is 4.79 Å².